The Balaban J connectivity index is 2.60. The average molecular weight is 301 g/mol. The number of hydrogen-bond donors (Lipinski definition) is 2. The van der Waals surface area contributed by atoms with Crippen LogP contribution < -0.4 is 5.32 Å². The smallest absolute Gasteiger partial charge is 0.416 e. The van der Waals surface area contributed by atoms with E-state index in [2.05, 4.69) is 5.32 Å². The van der Waals surface area contributed by atoms with Crippen molar-refractivity contribution in [3.63, 3.8) is 0 Å². The predicted octanol–water partition coefficient (Wildman–Crippen LogP) is 4.74. The van der Waals surface area contributed by atoms with E-state index in [1.54, 1.807) is 13.1 Å². The van der Waals surface area contributed by atoms with Gasteiger partial charge < -0.3 is 10.4 Å². The molecule has 6 heteroatoms. The van der Waals surface area contributed by atoms with Crippen molar-refractivity contribution in [3.8, 4) is 16.9 Å². The summed E-state index contributed by atoms with van der Waals surface area (Å²) in [7, 11) is 1.68. The van der Waals surface area contributed by atoms with E-state index in [4.69, 9.17) is 0 Å². The van der Waals surface area contributed by atoms with Crippen LogP contribution >= 0.6 is 11.3 Å². The molecule has 0 unspecified atom stereocenters. The molecule has 1 aromatic heterocycles. The monoisotopic (exact) mass is 301 g/mol. The number of thiophene rings is 1. The van der Waals surface area contributed by atoms with E-state index >= 15 is 0 Å². The number of hydrogen-bond acceptors (Lipinski definition) is 3. The Labute approximate surface area is 118 Å². The third-order valence-corrected chi connectivity index (χ3v) is 4.32. The maximum atomic E-state index is 12.8. The topological polar surface area (TPSA) is 32.3 Å². The van der Waals surface area contributed by atoms with Crippen molar-refractivity contribution in [1.29, 1.82) is 0 Å². The summed E-state index contributed by atoms with van der Waals surface area (Å²) in [4.78, 5) is 0.752. The molecule has 0 saturated carbocycles. The van der Waals surface area contributed by atoms with Gasteiger partial charge in [-0.15, -0.1) is 11.3 Å². The summed E-state index contributed by atoms with van der Waals surface area (Å²) in [5.41, 5.74) is 0.0683. The van der Waals surface area contributed by atoms with Crippen molar-refractivity contribution < 1.29 is 18.3 Å². The average Bonchev–Trinajstić information content (AvgIpc) is 2.74. The van der Waals surface area contributed by atoms with Gasteiger partial charge in [0.05, 0.1) is 11.1 Å². The predicted molar refractivity (Wildman–Crippen MR) is 75.3 cm³/mol. The van der Waals surface area contributed by atoms with Gasteiger partial charge in [-0.1, -0.05) is 19.1 Å². The molecule has 0 bridgehead atoms. The molecule has 0 radical (unpaired) electrons. The largest absolute Gasteiger partial charge is 0.506 e. The van der Waals surface area contributed by atoms with Crippen LogP contribution in [-0.2, 0) is 12.6 Å². The summed E-state index contributed by atoms with van der Waals surface area (Å²) in [6.45, 7) is 1.89. The SMILES string of the molecule is CCc1sc(NC)c(-c2cccc(C(F)(F)F)c2)c1O. The first-order chi connectivity index (χ1) is 9.38. The third kappa shape index (κ3) is 2.60. The summed E-state index contributed by atoms with van der Waals surface area (Å²) < 4.78 is 38.3. The van der Waals surface area contributed by atoms with E-state index in [1.165, 1.54) is 17.4 Å². The minimum atomic E-state index is -4.39. The highest BCUT2D eigenvalue weighted by molar-refractivity contribution is 7.17. The third-order valence-electron chi connectivity index (χ3n) is 2.98. The second kappa shape index (κ2) is 5.36. The standard InChI is InChI=1S/C14H14F3NOS/c1-3-10-12(19)11(13(18-2)20-10)8-5-4-6-9(7-8)14(15,16)17/h4-7,18-19H,3H2,1-2H3. The van der Waals surface area contributed by atoms with Gasteiger partial charge >= 0.3 is 6.18 Å². The first kappa shape index (κ1) is 14.7. The highest BCUT2D eigenvalue weighted by Gasteiger charge is 2.31. The fourth-order valence-corrected chi connectivity index (χ4v) is 3.01. The summed E-state index contributed by atoms with van der Waals surface area (Å²) >= 11 is 1.35. The molecule has 108 valence electrons. The second-order valence-electron chi connectivity index (χ2n) is 4.26. The maximum Gasteiger partial charge on any atom is 0.416 e. The number of alkyl halides is 3. The molecule has 2 rings (SSSR count). The Morgan fingerprint density at radius 3 is 2.55 bits per heavy atom. The van der Waals surface area contributed by atoms with Gasteiger partial charge in [0, 0.05) is 11.9 Å². The number of aryl methyl sites for hydroxylation is 1. The van der Waals surface area contributed by atoms with E-state index in [9.17, 15) is 18.3 Å². The second-order valence-corrected chi connectivity index (χ2v) is 5.37. The molecule has 2 aromatic rings. The van der Waals surface area contributed by atoms with Crippen molar-refractivity contribution in [2.24, 2.45) is 0 Å². The number of rotatable bonds is 3. The molecule has 1 aromatic carbocycles. The fraction of sp³-hybridized carbons (Fsp3) is 0.286. The Morgan fingerprint density at radius 2 is 2.00 bits per heavy atom. The molecule has 0 amide bonds. The van der Waals surface area contributed by atoms with Gasteiger partial charge in [0.25, 0.3) is 0 Å². The first-order valence-corrected chi connectivity index (χ1v) is 6.90. The molecule has 2 nitrogen and oxygen atoms in total. The lowest BCUT2D eigenvalue weighted by molar-refractivity contribution is -0.137. The van der Waals surface area contributed by atoms with E-state index in [1.807, 2.05) is 6.92 Å². The van der Waals surface area contributed by atoms with Crippen molar-refractivity contribution in [1.82, 2.24) is 0 Å². The van der Waals surface area contributed by atoms with Crippen LogP contribution in [0.4, 0.5) is 18.2 Å². The van der Waals surface area contributed by atoms with Crippen molar-refractivity contribution in [2.45, 2.75) is 19.5 Å². The zero-order valence-corrected chi connectivity index (χ0v) is 11.8. The van der Waals surface area contributed by atoms with Crippen LogP contribution in [0.5, 0.6) is 5.75 Å². The van der Waals surface area contributed by atoms with Gasteiger partial charge in [-0.2, -0.15) is 13.2 Å². The lowest BCUT2D eigenvalue weighted by atomic mass is 10.0. The number of halogens is 3. The van der Waals surface area contributed by atoms with Crippen LogP contribution in [0.15, 0.2) is 24.3 Å². The summed E-state index contributed by atoms with van der Waals surface area (Å²) in [5, 5.41) is 13.8. The molecule has 2 N–H and O–H groups in total. The fourth-order valence-electron chi connectivity index (χ4n) is 2.00. The van der Waals surface area contributed by atoms with Crippen LogP contribution in [0.2, 0.25) is 0 Å². The molecule has 0 aliphatic heterocycles. The van der Waals surface area contributed by atoms with Crippen molar-refractivity contribution >= 4 is 16.3 Å². The minimum absolute atomic E-state index is 0.0566. The number of anilines is 1. The normalized spacial score (nSPS) is 11.7. The zero-order valence-electron chi connectivity index (χ0n) is 11.0. The van der Waals surface area contributed by atoms with E-state index in [0.29, 0.717) is 22.5 Å². The highest BCUT2D eigenvalue weighted by Crippen LogP contribution is 2.46. The zero-order chi connectivity index (χ0) is 14.9. The summed E-state index contributed by atoms with van der Waals surface area (Å²) in [5.74, 6) is 0.0566. The van der Waals surface area contributed by atoms with Gasteiger partial charge in [0.2, 0.25) is 0 Å². The van der Waals surface area contributed by atoms with Crippen molar-refractivity contribution in [2.75, 3.05) is 12.4 Å². The molecule has 0 atom stereocenters. The Bertz CT molecular complexity index is 619. The van der Waals surface area contributed by atoms with Gasteiger partial charge in [-0.25, -0.2) is 0 Å². The summed E-state index contributed by atoms with van der Waals surface area (Å²) in [6, 6.07) is 4.99. The van der Waals surface area contributed by atoms with Crippen LogP contribution in [0.1, 0.15) is 17.4 Å². The Morgan fingerprint density at radius 1 is 1.30 bits per heavy atom. The highest BCUT2D eigenvalue weighted by atomic mass is 32.1. The molecular formula is C14H14F3NOS. The van der Waals surface area contributed by atoms with Gasteiger partial charge in [-0.3, -0.25) is 0 Å². The minimum Gasteiger partial charge on any atom is -0.506 e. The molecule has 0 spiro atoms. The van der Waals surface area contributed by atoms with Gasteiger partial charge in [0.15, 0.2) is 0 Å². The molecular weight excluding hydrogens is 287 g/mol. The maximum absolute atomic E-state index is 12.8. The molecule has 0 saturated heterocycles. The van der Waals surface area contributed by atoms with Crippen LogP contribution in [0, 0.1) is 0 Å². The number of benzene rings is 1. The van der Waals surface area contributed by atoms with Crippen LogP contribution in [0.3, 0.4) is 0 Å². The number of nitrogens with one attached hydrogen (secondary N) is 1. The molecule has 0 aliphatic rings. The van der Waals surface area contributed by atoms with E-state index < -0.39 is 11.7 Å². The van der Waals surface area contributed by atoms with Gasteiger partial charge in [0.1, 0.15) is 10.8 Å². The molecule has 0 aliphatic carbocycles. The molecule has 0 fully saturated rings. The van der Waals surface area contributed by atoms with Crippen molar-refractivity contribution in [3.05, 3.63) is 34.7 Å². The van der Waals surface area contributed by atoms with E-state index in [-0.39, 0.29) is 5.75 Å². The lowest BCUT2D eigenvalue weighted by Crippen LogP contribution is -2.04. The summed E-state index contributed by atoms with van der Waals surface area (Å²) in [6.07, 6.45) is -3.76. The van der Waals surface area contributed by atoms with E-state index in [0.717, 1.165) is 17.0 Å². The van der Waals surface area contributed by atoms with Gasteiger partial charge in [-0.05, 0) is 24.1 Å². The quantitative estimate of drug-likeness (QED) is 0.858. The Kier molecular flexibility index (Phi) is 3.94. The van der Waals surface area contributed by atoms with Crippen LogP contribution in [0.25, 0.3) is 11.1 Å². The molecule has 1 heterocycles. The van der Waals surface area contributed by atoms with Crippen LogP contribution in [-0.4, -0.2) is 12.2 Å². The molecule has 20 heavy (non-hydrogen) atoms. The Hall–Kier alpha value is -1.69. The lowest BCUT2D eigenvalue weighted by Gasteiger charge is -2.09. The first-order valence-electron chi connectivity index (χ1n) is 6.08. The number of aromatic hydroxyl groups is 1.